The van der Waals surface area contributed by atoms with E-state index in [-0.39, 0.29) is 25.1 Å². The van der Waals surface area contributed by atoms with Crippen LogP contribution in [-0.4, -0.2) is 22.8 Å². The first kappa shape index (κ1) is 15.9. The maximum absolute atomic E-state index is 12.1. The lowest BCUT2D eigenvalue weighted by Gasteiger charge is -2.04. The minimum Gasteiger partial charge on any atom is -0.485 e. The number of fused-ring (bicyclic) bond motifs is 1. The molecule has 1 N–H and O–H groups in total. The smallest absolute Gasteiger partial charge is 0.316 e. The highest BCUT2D eigenvalue weighted by molar-refractivity contribution is 5.89. The Morgan fingerprint density at radius 1 is 1.12 bits per heavy atom. The van der Waals surface area contributed by atoms with Crippen molar-refractivity contribution in [2.45, 2.75) is 13.2 Å². The van der Waals surface area contributed by atoms with Gasteiger partial charge in [0.15, 0.2) is 18.1 Å². The molecule has 8 heteroatoms. The Balaban J connectivity index is 1.32. The Labute approximate surface area is 148 Å². The first-order valence-corrected chi connectivity index (χ1v) is 7.95. The van der Waals surface area contributed by atoms with Crippen molar-refractivity contribution in [3.05, 3.63) is 65.8 Å². The van der Waals surface area contributed by atoms with Gasteiger partial charge < -0.3 is 24.1 Å². The molecule has 8 nitrogen and oxygen atoms in total. The van der Waals surface area contributed by atoms with Gasteiger partial charge in [0.1, 0.15) is 5.75 Å². The van der Waals surface area contributed by atoms with E-state index in [1.54, 1.807) is 18.2 Å². The molecule has 0 spiro atoms. The molecule has 132 valence electrons. The minimum absolute atomic E-state index is 0.0646. The Hall–Kier alpha value is -3.55. The van der Waals surface area contributed by atoms with E-state index >= 15 is 0 Å². The number of benzene rings is 2. The van der Waals surface area contributed by atoms with Gasteiger partial charge in [-0.3, -0.25) is 4.79 Å². The molecule has 2 aromatic carbocycles. The average molecular weight is 353 g/mol. The van der Waals surface area contributed by atoms with Crippen LogP contribution < -0.4 is 19.5 Å². The molecular formula is C18H15N3O5. The van der Waals surface area contributed by atoms with Gasteiger partial charge in [-0.05, 0) is 17.7 Å². The third-order valence-electron chi connectivity index (χ3n) is 3.67. The molecule has 0 atom stereocenters. The largest absolute Gasteiger partial charge is 0.485 e. The van der Waals surface area contributed by atoms with Crippen LogP contribution in [0.5, 0.6) is 17.2 Å². The molecule has 0 radical (unpaired) electrons. The van der Waals surface area contributed by atoms with Crippen LogP contribution in [0.2, 0.25) is 0 Å². The predicted molar refractivity (Wildman–Crippen MR) is 88.8 cm³/mol. The Kier molecular flexibility index (Phi) is 4.38. The topological polar surface area (TPSA) is 95.7 Å². The van der Waals surface area contributed by atoms with E-state index in [0.717, 1.165) is 5.56 Å². The fourth-order valence-electron chi connectivity index (χ4n) is 2.37. The standard InChI is InChI=1S/C18H15N3O5/c22-17(19-9-12-4-2-1-3-5-12)18-20-16(21-26-18)10-23-13-6-7-14-15(8-13)25-11-24-14/h1-8H,9-11H2,(H,19,22). The van der Waals surface area contributed by atoms with Crippen LogP contribution in [0, 0.1) is 0 Å². The molecule has 1 aliphatic rings. The molecular weight excluding hydrogens is 338 g/mol. The highest BCUT2D eigenvalue weighted by atomic mass is 16.7. The van der Waals surface area contributed by atoms with Crippen molar-refractivity contribution >= 4 is 5.91 Å². The molecule has 2 heterocycles. The van der Waals surface area contributed by atoms with Crippen molar-refractivity contribution in [3.63, 3.8) is 0 Å². The lowest BCUT2D eigenvalue weighted by atomic mass is 10.2. The molecule has 0 aliphatic carbocycles. The minimum atomic E-state index is -0.435. The summed E-state index contributed by atoms with van der Waals surface area (Å²) in [5.74, 6) is 1.61. The first-order valence-electron chi connectivity index (χ1n) is 7.95. The van der Waals surface area contributed by atoms with Crippen LogP contribution in [0.1, 0.15) is 22.1 Å². The summed E-state index contributed by atoms with van der Waals surface area (Å²) in [7, 11) is 0. The van der Waals surface area contributed by atoms with Gasteiger partial charge in [-0.2, -0.15) is 4.98 Å². The molecule has 1 aromatic heterocycles. The van der Waals surface area contributed by atoms with Crippen molar-refractivity contribution in [2.24, 2.45) is 0 Å². The second kappa shape index (κ2) is 7.14. The normalized spacial score (nSPS) is 12.0. The molecule has 3 aromatic rings. The molecule has 0 bridgehead atoms. The Morgan fingerprint density at radius 2 is 1.96 bits per heavy atom. The summed E-state index contributed by atoms with van der Waals surface area (Å²) in [5.41, 5.74) is 0.978. The van der Waals surface area contributed by atoms with E-state index in [4.69, 9.17) is 18.7 Å². The maximum Gasteiger partial charge on any atom is 0.316 e. The lowest BCUT2D eigenvalue weighted by molar-refractivity contribution is 0.0907. The number of carbonyl (C=O) groups is 1. The van der Waals surface area contributed by atoms with E-state index in [1.165, 1.54) is 0 Å². The van der Waals surface area contributed by atoms with Crippen LogP contribution in [0.25, 0.3) is 0 Å². The summed E-state index contributed by atoms with van der Waals surface area (Å²) < 4.78 is 21.1. The van der Waals surface area contributed by atoms with Crippen LogP contribution in [-0.2, 0) is 13.2 Å². The van der Waals surface area contributed by atoms with E-state index in [1.807, 2.05) is 30.3 Å². The van der Waals surface area contributed by atoms with E-state index in [0.29, 0.717) is 23.8 Å². The van der Waals surface area contributed by atoms with Gasteiger partial charge in [-0.1, -0.05) is 35.5 Å². The van der Waals surface area contributed by atoms with Gasteiger partial charge in [-0.25, -0.2) is 0 Å². The lowest BCUT2D eigenvalue weighted by Crippen LogP contribution is -2.23. The maximum atomic E-state index is 12.1. The zero-order valence-electron chi connectivity index (χ0n) is 13.7. The number of nitrogens with zero attached hydrogens (tertiary/aromatic N) is 2. The average Bonchev–Trinajstić information content (AvgIpc) is 3.34. The number of hydrogen-bond acceptors (Lipinski definition) is 7. The van der Waals surface area contributed by atoms with Gasteiger partial charge in [0.25, 0.3) is 0 Å². The zero-order valence-corrected chi connectivity index (χ0v) is 13.7. The van der Waals surface area contributed by atoms with Gasteiger partial charge in [0.2, 0.25) is 12.6 Å². The summed E-state index contributed by atoms with van der Waals surface area (Å²) in [6, 6.07) is 14.8. The number of rotatable bonds is 6. The van der Waals surface area contributed by atoms with Crippen molar-refractivity contribution in [1.82, 2.24) is 15.5 Å². The summed E-state index contributed by atoms with van der Waals surface area (Å²) in [5, 5.41) is 6.48. The molecule has 0 fully saturated rings. The number of amides is 1. The first-order chi connectivity index (χ1) is 12.8. The molecule has 1 aliphatic heterocycles. The van der Waals surface area contributed by atoms with Gasteiger partial charge >= 0.3 is 11.8 Å². The zero-order chi connectivity index (χ0) is 17.8. The number of aromatic nitrogens is 2. The molecule has 0 saturated heterocycles. The van der Waals surface area contributed by atoms with Gasteiger partial charge in [-0.15, -0.1) is 0 Å². The quantitative estimate of drug-likeness (QED) is 0.726. The van der Waals surface area contributed by atoms with Crippen LogP contribution in [0.4, 0.5) is 0 Å². The molecule has 0 unspecified atom stereocenters. The summed E-state index contributed by atoms with van der Waals surface area (Å²) >= 11 is 0. The van der Waals surface area contributed by atoms with E-state index < -0.39 is 5.91 Å². The summed E-state index contributed by atoms with van der Waals surface area (Å²) in [4.78, 5) is 16.1. The molecule has 1 amide bonds. The SMILES string of the molecule is O=C(NCc1ccccc1)c1nc(COc2ccc3c(c2)OCO3)no1. The van der Waals surface area contributed by atoms with E-state index in [9.17, 15) is 4.79 Å². The summed E-state index contributed by atoms with van der Waals surface area (Å²) in [6.45, 7) is 0.644. The van der Waals surface area contributed by atoms with Gasteiger partial charge in [0, 0.05) is 12.6 Å². The monoisotopic (exact) mass is 353 g/mol. The molecule has 26 heavy (non-hydrogen) atoms. The van der Waals surface area contributed by atoms with Gasteiger partial charge in [0.05, 0.1) is 0 Å². The molecule has 0 saturated carbocycles. The Morgan fingerprint density at radius 3 is 2.85 bits per heavy atom. The molecule has 4 rings (SSSR count). The Bertz CT molecular complexity index is 910. The van der Waals surface area contributed by atoms with Crippen LogP contribution in [0.15, 0.2) is 53.1 Å². The number of carbonyl (C=O) groups excluding carboxylic acids is 1. The second-order valence-electron chi connectivity index (χ2n) is 5.49. The summed E-state index contributed by atoms with van der Waals surface area (Å²) in [6.07, 6.45) is 0. The number of hydrogen-bond donors (Lipinski definition) is 1. The number of ether oxygens (including phenoxy) is 3. The third kappa shape index (κ3) is 3.59. The fourth-order valence-corrected chi connectivity index (χ4v) is 2.37. The van der Waals surface area contributed by atoms with E-state index in [2.05, 4.69) is 15.5 Å². The van der Waals surface area contributed by atoms with Crippen LogP contribution >= 0.6 is 0 Å². The van der Waals surface area contributed by atoms with Crippen molar-refractivity contribution in [2.75, 3.05) is 6.79 Å². The van der Waals surface area contributed by atoms with Crippen molar-refractivity contribution < 1.29 is 23.5 Å². The number of nitrogens with one attached hydrogen (secondary N) is 1. The van der Waals surface area contributed by atoms with Crippen molar-refractivity contribution in [3.8, 4) is 17.2 Å². The predicted octanol–water partition coefficient (Wildman–Crippen LogP) is 2.31. The highest BCUT2D eigenvalue weighted by Gasteiger charge is 2.16. The second-order valence-corrected chi connectivity index (χ2v) is 5.49. The third-order valence-corrected chi connectivity index (χ3v) is 3.67. The van der Waals surface area contributed by atoms with Crippen LogP contribution in [0.3, 0.4) is 0 Å². The van der Waals surface area contributed by atoms with Crippen molar-refractivity contribution in [1.29, 1.82) is 0 Å². The highest BCUT2D eigenvalue weighted by Crippen LogP contribution is 2.35. The fraction of sp³-hybridized carbons (Fsp3) is 0.167.